The minimum Gasteiger partial charge on any atom is -0.481 e. The van der Waals surface area contributed by atoms with Crippen molar-refractivity contribution < 1.29 is 24.2 Å². The molecule has 2 heterocycles. The largest absolute Gasteiger partial charge is 0.481 e. The normalized spacial score (nSPS) is 19.8. The quantitative estimate of drug-likeness (QED) is 0.362. The summed E-state index contributed by atoms with van der Waals surface area (Å²) in [6, 6.07) is 3.08. The summed E-state index contributed by atoms with van der Waals surface area (Å²) in [5.41, 5.74) is 5.87. The number of nitrogens with one attached hydrogen (secondary N) is 3. The molecular formula is C21H33N7O5. The number of H-pyrrole nitrogens is 1. The molecule has 0 unspecified atom stereocenters. The van der Waals surface area contributed by atoms with E-state index in [0.29, 0.717) is 38.2 Å². The number of hydrogen-bond acceptors (Lipinski definition) is 7. The molecule has 3 rings (SSSR count). The third-order valence-corrected chi connectivity index (χ3v) is 5.05. The Labute approximate surface area is 192 Å². The number of aromatic nitrogens is 4. The number of amides is 2. The number of aliphatic carboxylic acids is 1. The van der Waals surface area contributed by atoms with Crippen LogP contribution in [0.2, 0.25) is 0 Å². The molecule has 6 N–H and O–H groups in total. The van der Waals surface area contributed by atoms with Gasteiger partial charge in [0.1, 0.15) is 11.5 Å². The van der Waals surface area contributed by atoms with Gasteiger partial charge in [0, 0.05) is 44.5 Å². The van der Waals surface area contributed by atoms with Crippen LogP contribution >= 0.6 is 0 Å². The third-order valence-electron chi connectivity index (χ3n) is 5.05. The lowest BCUT2D eigenvalue weighted by molar-refractivity contribution is -0.134. The Hall–Kier alpha value is -3.41. The van der Waals surface area contributed by atoms with Crippen molar-refractivity contribution in [3.63, 3.8) is 0 Å². The van der Waals surface area contributed by atoms with Gasteiger partial charge < -0.3 is 26.2 Å². The first-order valence-corrected chi connectivity index (χ1v) is 11.0. The third kappa shape index (κ3) is 8.93. The Kier molecular flexibility index (Phi) is 10.3. The summed E-state index contributed by atoms with van der Waals surface area (Å²) in [5, 5.41) is 23.9. The molecule has 0 spiro atoms. The second-order valence-corrected chi connectivity index (χ2v) is 7.78. The van der Waals surface area contributed by atoms with Crippen LogP contribution < -0.4 is 16.4 Å². The Morgan fingerprint density at radius 1 is 1.36 bits per heavy atom. The standard InChI is InChI=1S/C19H29N7O3.C2H4O2/c1-2-10-29-16-5-4-13(18(27)21-7-9-26-8-3-6-22-26)11-14(16)23-19(28)15-12-17(20)25-24-15;1-2(3)4/h3,6,8,12-14,16H,2,4-5,7,9-11H2,1H3,(H,21,27)(H,23,28)(H3,20,24,25);1H3,(H,3,4)/t13-,14+,16+;/m0./s1. The molecule has 1 saturated carbocycles. The van der Waals surface area contributed by atoms with E-state index in [1.165, 1.54) is 6.07 Å². The van der Waals surface area contributed by atoms with Gasteiger partial charge in [-0.3, -0.25) is 24.2 Å². The molecule has 0 aromatic carbocycles. The van der Waals surface area contributed by atoms with Gasteiger partial charge in [0.05, 0.1) is 18.7 Å². The molecule has 1 aliphatic rings. The monoisotopic (exact) mass is 463 g/mol. The van der Waals surface area contributed by atoms with E-state index in [1.807, 2.05) is 19.2 Å². The number of nitrogen functional groups attached to an aromatic ring is 1. The first-order valence-electron chi connectivity index (χ1n) is 11.0. The number of anilines is 1. The number of carbonyl (C=O) groups excluding carboxylic acids is 2. The lowest BCUT2D eigenvalue weighted by Crippen LogP contribution is -2.50. The predicted molar refractivity (Wildman–Crippen MR) is 120 cm³/mol. The van der Waals surface area contributed by atoms with Gasteiger partial charge in [-0.1, -0.05) is 6.92 Å². The van der Waals surface area contributed by atoms with Crippen LogP contribution in [-0.4, -0.2) is 68.2 Å². The van der Waals surface area contributed by atoms with Crippen LogP contribution in [0, 0.1) is 5.92 Å². The van der Waals surface area contributed by atoms with Crippen molar-refractivity contribution in [2.75, 3.05) is 18.9 Å². The van der Waals surface area contributed by atoms with E-state index in [4.69, 9.17) is 20.4 Å². The zero-order valence-corrected chi connectivity index (χ0v) is 19.0. The summed E-state index contributed by atoms with van der Waals surface area (Å²) in [6.45, 7) is 4.88. The summed E-state index contributed by atoms with van der Waals surface area (Å²) in [5.74, 6) is -1.06. The number of nitrogens with zero attached hydrogens (tertiary/aromatic N) is 3. The van der Waals surface area contributed by atoms with E-state index in [2.05, 4.69) is 25.9 Å². The molecule has 0 bridgehead atoms. The highest BCUT2D eigenvalue weighted by molar-refractivity contribution is 5.93. The molecule has 0 saturated heterocycles. The van der Waals surface area contributed by atoms with Gasteiger partial charge in [-0.15, -0.1) is 0 Å². The van der Waals surface area contributed by atoms with Gasteiger partial charge in [-0.05, 0) is 31.7 Å². The molecule has 182 valence electrons. The number of hydrogen-bond donors (Lipinski definition) is 5. The van der Waals surface area contributed by atoms with Crippen LogP contribution in [0.4, 0.5) is 5.82 Å². The SMILES string of the molecule is CC(=O)O.CCCO[C@@H]1CC[C@H](C(=O)NCCn2cccn2)C[C@H]1NC(=O)c1cc(N)n[nH]1. The molecule has 0 aliphatic heterocycles. The fraction of sp³-hybridized carbons (Fsp3) is 0.571. The molecule has 1 fully saturated rings. The number of carbonyl (C=O) groups is 3. The Bertz CT molecular complexity index is 879. The highest BCUT2D eigenvalue weighted by Crippen LogP contribution is 2.27. The lowest BCUT2D eigenvalue weighted by Gasteiger charge is -2.35. The van der Waals surface area contributed by atoms with Crippen molar-refractivity contribution >= 4 is 23.6 Å². The van der Waals surface area contributed by atoms with Crippen molar-refractivity contribution in [3.8, 4) is 0 Å². The van der Waals surface area contributed by atoms with Gasteiger partial charge in [0.15, 0.2) is 0 Å². The molecule has 0 radical (unpaired) electrons. The lowest BCUT2D eigenvalue weighted by atomic mass is 9.83. The smallest absolute Gasteiger partial charge is 0.300 e. The topological polar surface area (TPSA) is 177 Å². The van der Waals surface area contributed by atoms with Crippen molar-refractivity contribution in [2.24, 2.45) is 5.92 Å². The molecule has 2 aromatic rings. The first kappa shape index (κ1) is 25.8. The second kappa shape index (κ2) is 13.2. The Balaban J connectivity index is 0.000000890. The van der Waals surface area contributed by atoms with Crippen molar-refractivity contribution in [1.82, 2.24) is 30.6 Å². The molecule has 3 atom stereocenters. The molecule has 2 amide bonds. The highest BCUT2D eigenvalue weighted by atomic mass is 16.5. The van der Waals surface area contributed by atoms with E-state index in [-0.39, 0.29) is 35.7 Å². The molecule has 33 heavy (non-hydrogen) atoms. The van der Waals surface area contributed by atoms with E-state index < -0.39 is 5.97 Å². The summed E-state index contributed by atoms with van der Waals surface area (Å²) < 4.78 is 7.71. The highest BCUT2D eigenvalue weighted by Gasteiger charge is 2.35. The number of aromatic amines is 1. The number of carboxylic acid groups (broad SMARTS) is 1. The fourth-order valence-corrected chi connectivity index (χ4v) is 3.57. The molecule has 12 heteroatoms. The predicted octanol–water partition coefficient (Wildman–Crippen LogP) is 0.789. The zero-order chi connectivity index (χ0) is 24.2. The molecule has 12 nitrogen and oxygen atoms in total. The van der Waals surface area contributed by atoms with E-state index in [9.17, 15) is 9.59 Å². The average Bonchev–Trinajstić information content (AvgIpc) is 3.44. The van der Waals surface area contributed by atoms with Crippen LogP contribution in [0.1, 0.15) is 50.0 Å². The Morgan fingerprint density at radius 2 is 2.12 bits per heavy atom. The molecular weight excluding hydrogens is 430 g/mol. The minimum atomic E-state index is -0.833. The summed E-state index contributed by atoms with van der Waals surface area (Å²) in [4.78, 5) is 34.1. The Morgan fingerprint density at radius 3 is 2.73 bits per heavy atom. The van der Waals surface area contributed by atoms with Gasteiger partial charge in [-0.25, -0.2) is 0 Å². The van der Waals surface area contributed by atoms with Gasteiger partial charge in [-0.2, -0.15) is 10.2 Å². The van der Waals surface area contributed by atoms with Crippen LogP contribution in [0.25, 0.3) is 0 Å². The molecule has 1 aliphatic carbocycles. The number of rotatable bonds is 9. The van der Waals surface area contributed by atoms with E-state index >= 15 is 0 Å². The van der Waals surface area contributed by atoms with E-state index in [1.54, 1.807) is 10.9 Å². The zero-order valence-electron chi connectivity index (χ0n) is 19.0. The first-order chi connectivity index (χ1) is 15.8. The van der Waals surface area contributed by atoms with Crippen LogP contribution in [-0.2, 0) is 20.9 Å². The fourth-order valence-electron chi connectivity index (χ4n) is 3.57. The van der Waals surface area contributed by atoms with E-state index in [0.717, 1.165) is 19.8 Å². The van der Waals surface area contributed by atoms with Crippen molar-refractivity contribution in [1.29, 1.82) is 0 Å². The second-order valence-electron chi connectivity index (χ2n) is 7.78. The molecule has 2 aromatic heterocycles. The van der Waals surface area contributed by atoms with Gasteiger partial charge >= 0.3 is 0 Å². The van der Waals surface area contributed by atoms with Gasteiger partial charge in [0.25, 0.3) is 11.9 Å². The minimum absolute atomic E-state index is 0.00358. The van der Waals surface area contributed by atoms with Crippen LogP contribution in [0.3, 0.4) is 0 Å². The van der Waals surface area contributed by atoms with Gasteiger partial charge in [0.2, 0.25) is 5.91 Å². The maximum atomic E-state index is 12.6. The van der Waals surface area contributed by atoms with Crippen molar-refractivity contribution in [3.05, 3.63) is 30.2 Å². The van der Waals surface area contributed by atoms with Crippen LogP contribution in [0.5, 0.6) is 0 Å². The number of ether oxygens (including phenoxy) is 1. The summed E-state index contributed by atoms with van der Waals surface area (Å²) in [6.07, 6.45) is 6.31. The average molecular weight is 464 g/mol. The summed E-state index contributed by atoms with van der Waals surface area (Å²) in [7, 11) is 0. The van der Waals surface area contributed by atoms with Crippen molar-refractivity contribution in [2.45, 2.75) is 58.2 Å². The summed E-state index contributed by atoms with van der Waals surface area (Å²) >= 11 is 0. The maximum absolute atomic E-state index is 12.6. The maximum Gasteiger partial charge on any atom is 0.300 e. The number of nitrogens with two attached hydrogens (primary N) is 1. The number of carboxylic acids is 1. The van der Waals surface area contributed by atoms with Crippen LogP contribution in [0.15, 0.2) is 24.5 Å².